The number of hydrogen-bond donors (Lipinski definition) is 0. The number of anilines is 1. The molecule has 2 heterocycles. The van der Waals surface area contributed by atoms with Gasteiger partial charge in [-0.2, -0.15) is 0 Å². The van der Waals surface area contributed by atoms with Crippen LogP contribution in [0.15, 0.2) is 43.0 Å². The summed E-state index contributed by atoms with van der Waals surface area (Å²) in [7, 11) is 0. The number of hydrogen-bond acceptors (Lipinski definition) is 8. The molecule has 0 N–H and O–H groups in total. The molecule has 1 saturated heterocycles. The fourth-order valence-electron chi connectivity index (χ4n) is 4.72. The fraction of sp³-hybridized carbons (Fsp3) is 0.452. The van der Waals surface area contributed by atoms with Gasteiger partial charge in [0.2, 0.25) is 0 Å². The largest absolute Gasteiger partial charge is 0.488 e. The number of benzene rings is 2. The molecule has 1 aromatic heterocycles. The maximum absolute atomic E-state index is 15.3. The molecule has 2 aromatic carbocycles. The quantitative estimate of drug-likeness (QED) is 0.215. The summed E-state index contributed by atoms with van der Waals surface area (Å²) in [4.78, 5) is 16.5. The van der Waals surface area contributed by atoms with Gasteiger partial charge in [0.1, 0.15) is 27.9 Å². The van der Waals surface area contributed by atoms with Crippen LogP contribution in [0.1, 0.15) is 48.5 Å². The molecule has 8 nitrogen and oxygen atoms in total. The lowest BCUT2D eigenvalue weighted by molar-refractivity contribution is -0.0637. The Bertz CT molecular complexity index is 1490. The molecule has 0 spiro atoms. The van der Waals surface area contributed by atoms with Crippen LogP contribution in [0.5, 0.6) is 5.75 Å². The Hall–Kier alpha value is -2.92. The zero-order valence-corrected chi connectivity index (χ0v) is 27.7. The zero-order chi connectivity index (χ0) is 31.7. The molecule has 12 heteroatoms. The van der Waals surface area contributed by atoms with Crippen LogP contribution >= 0.6 is 34.5 Å². The van der Waals surface area contributed by atoms with Crippen molar-refractivity contribution in [1.82, 2.24) is 15.1 Å². The summed E-state index contributed by atoms with van der Waals surface area (Å²) in [5, 5.41) is 10.4. The molecule has 0 bridgehead atoms. The van der Waals surface area contributed by atoms with Crippen molar-refractivity contribution in [2.75, 3.05) is 24.7 Å². The summed E-state index contributed by atoms with van der Waals surface area (Å²) in [6.07, 6.45) is 1.30. The van der Waals surface area contributed by atoms with E-state index in [2.05, 4.69) is 35.5 Å². The van der Waals surface area contributed by atoms with Gasteiger partial charge in [0, 0.05) is 29.8 Å². The van der Waals surface area contributed by atoms with Crippen molar-refractivity contribution in [2.45, 2.75) is 71.9 Å². The van der Waals surface area contributed by atoms with E-state index >= 15 is 4.39 Å². The molecule has 0 radical (unpaired) electrons. The molecule has 1 aliphatic heterocycles. The average molecular weight is 652 g/mol. The topological polar surface area (TPSA) is 77.0 Å². The summed E-state index contributed by atoms with van der Waals surface area (Å²) < 4.78 is 32.4. The lowest BCUT2D eigenvalue weighted by atomic mass is 10.1. The van der Waals surface area contributed by atoms with Gasteiger partial charge < -0.3 is 19.1 Å². The molecular weight excluding hydrogens is 614 g/mol. The number of nitrogens with zero attached hydrogens (tertiary/aromatic N) is 4. The van der Waals surface area contributed by atoms with Crippen molar-refractivity contribution in [1.29, 1.82) is 0 Å². The van der Waals surface area contributed by atoms with Crippen LogP contribution in [0.2, 0.25) is 10.0 Å². The zero-order valence-electron chi connectivity index (χ0n) is 25.4. The summed E-state index contributed by atoms with van der Waals surface area (Å²) >= 11 is 14.5. The molecule has 43 heavy (non-hydrogen) atoms. The average Bonchev–Trinajstić information content (AvgIpc) is 3.50. The van der Waals surface area contributed by atoms with Gasteiger partial charge in [-0.05, 0) is 72.7 Å². The van der Waals surface area contributed by atoms with Gasteiger partial charge in [-0.25, -0.2) is 9.18 Å². The van der Waals surface area contributed by atoms with Crippen molar-refractivity contribution >= 4 is 46.3 Å². The second-order valence-electron chi connectivity index (χ2n) is 11.9. The Kier molecular flexibility index (Phi) is 9.95. The van der Waals surface area contributed by atoms with Gasteiger partial charge in [-0.3, -0.25) is 4.90 Å². The van der Waals surface area contributed by atoms with Gasteiger partial charge in [0.25, 0.3) is 0 Å². The van der Waals surface area contributed by atoms with Gasteiger partial charge in [-0.15, -0.1) is 16.8 Å². The first kappa shape index (κ1) is 33.0. The van der Waals surface area contributed by atoms with Crippen LogP contribution in [0.4, 0.5) is 14.9 Å². The maximum Gasteiger partial charge on any atom is 0.413 e. The number of halogens is 3. The van der Waals surface area contributed by atoms with Crippen molar-refractivity contribution in [3.8, 4) is 26.9 Å². The van der Waals surface area contributed by atoms with Crippen LogP contribution in [0, 0.1) is 5.82 Å². The van der Waals surface area contributed by atoms with E-state index in [1.54, 1.807) is 34.6 Å². The fourth-order valence-corrected chi connectivity index (χ4v) is 6.18. The third-order valence-corrected chi connectivity index (χ3v) is 8.35. The van der Waals surface area contributed by atoms with Crippen molar-refractivity contribution in [3.05, 3.63) is 58.8 Å². The molecule has 1 amide bonds. The highest BCUT2D eigenvalue weighted by Crippen LogP contribution is 2.39. The Morgan fingerprint density at radius 3 is 2.56 bits per heavy atom. The second kappa shape index (κ2) is 13.0. The van der Waals surface area contributed by atoms with E-state index in [4.69, 9.17) is 37.4 Å². The van der Waals surface area contributed by atoms with E-state index in [9.17, 15) is 4.79 Å². The van der Waals surface area contributed by atoms with E-state index in [-0.39, 0.29) is 30.0 Å². The summed E-state index contributed by atoms with van der Waals surface area (Å²) in [6, 6.07) is 8.13. The van der Waals surface area contributed by atoms with Gasteiger partial charge in [0.15, 0.2) is 11.6 Å². The van der Waals surface area contributed by atoms with Crippen LogP contribution in [0.3, 0.4) is 0 Å². The smallest absolute Gasteiger partial charge is 0.413 e. The normalized spacial score (nSPS) is 16.4. The van der Waals surface area contributed by atoms with E-state index in [1.165, 1.54) is 28.4 Å². The highest BCUT2D eigenvalue weighted by atomic mass is 35.5. The van der Waals surface area contributed by atoms with E-state index < -0.39 is 29.3 Å². The number of ether oxygens (including phenoxy) is 3. The highest BCUT2D eigenvalue weighted by Gasteiger charge is 2.46. The lowest BCUT2D eigenvalue weighted by Gasteiger charge is -2.35. The SMILES string of the molecule is C=CCN(c1ccc(-c2nnc(-c3cc(F)c(OC[C@@H]4COC(C)(C)N4C(=O)OC(C)(C)C)cc3Cl)s2)cc1Cl)C(C)C. The van der Waals surface area contributed by atoms with E-state index in [0.717, 1.165) is 11.3 Å². The predicted molar refractivity (Wildman–Crippen MR) is 171 cm³/mol. The molecule has 0 aliphatic carbocycles. The van der Waals surface area contributed by atoms with Crippen molar-refractivity contribution in [3.63, 3.8) is 0 Å². The Labute approximate surface area is 266 Å². The molecular formula is C31H37Cl2FN4O4S. The third-order valence-electron chi connectivity index (χ3n) is 6.73. The minimum atomic E-state index is -0.907. The molecule has 1 aliphatic rings. The minimum absolute atomic E-state index is 0.0178. The number of carbonyl (C=O) groups excluding carboxylic acids is 1. The standard InChI is InChI=1S/C31H37Cl2FN4O4S/c1-9-12-37(18(2)3)25-11-10-19(13-23(25)33)27-35-36-28(43-27)21-14-24(34)26(15-22(21)32)40-16-20-17-41-31(7,8)38(20)29(39)42-30(4,5)6/h9-11,13-15,18,20H,1,12,16-17H2,2-8H3/t20-/m1/s1. The van der Waals surface area contributed by atoms with Crippen molar-refractivity contribution in [2.24, 2.45) is 0 Å². The lowest BCUT2D eigenvalue weighted by Crippen LogP contribution is -2.51. The number of carbonyl (C=O) groups is 1. The summed E-state index contributed by atoms with van der Waals surface area (Å²) in [6.45, 7) is 17.8. The van der Waals surface area contributed by atoms with Crippen molar-refractivity contribution < 1.29 is 23.4 Å². The molecule has 232 valence electrons. The molecule has 0 unspecified atom stereocenters. The molecule has 4 rings (SSSR count). The minimum Gasteiger partial charge on any atom is -0.488 e. The number of rotatable bonds is 9. The molecule has 0 saturated carbocycles. The third kappa shape index (κ3) is 7.60. The maximum atomic E-state index is 15.3. The van der Waals surface area contributed by atoms with Gasteiger partial charge >= 0.3 is 6.09 Å². The Morgan fingerprint density at radius 2 is 1.93 bits per heavy atom. The molecule has 1 fully saturated rings. The number of amides is 1. The first-order valence-electron chi connectivity index (χ1n) is 13.9. The van der Waals surface area contributed by atoms with Crippen LogP contribution in [0.25, 0.3) is 21.1 Å². The van der Waals surface area contributed by atoms with Crippen LogP contribution < -0.4 is 9.64 Å². The Morgan fingerprint density at radius 1 is 1.23 bits per heavy atom. The van der Waals surface area contributed by atoms with E-state index in [1.807, 2.05) is 24.3 Å². The van der Waals surface area contributed by atoms with Crippen LogP contribution in [-0.4, -0.2) is 64.4 Å². The predicted octanol–water partition coefficient (Wildman–Crippen LogP) is 8.47. The summed E-state index contributed by atoms with van der Waals surface area (Å²) in [5.74, 6) is -0.675. The Balaban J connectivity index is 1.50. The first-order valence-corrected chi connectivity index (χ1v) is 15.5. The van der Waals surface area contributed by atoms with Gasteiger partial charge in [-0.1, -0.05) is 40.6 Å². The molecule has 1 atom stereocenters. The van der Waals surface area contributed by atoms with Gasteiger partial charge in [0.05, 0.1) is 28.4 Å². The molecule has 3 aromatic rings. The highest BCUT2D eigenvalue weighted by molar-refractivity contribution is 7.18. The van der Waals surface area contributed by atoms with E-state index in [0.29, 0.717) is 27.1 Å². The number of aromatic nitrogens is 2. The monoisotopic (exact) mass is 650 g/mol. The first-order chi connectivity index (χ1) is 20.1. The second-order valence-corrected chi connectivity index (χ2v) is 13.7. The summed E-state index contributed by atoms with van der Waals surface area (Å²) in [5.41, 5.74) is 0.476. The van der Waals surface area contributed by atoms with Crippen LogP contribution in [-0.2, 0) is 9.47 Å².